The average molecular weight is 414 g/mol. The smallest absolute Gasteiger partial charge is 0.333 e. The van der Waals surface area contributed by atoms with Crippen LogP contribution in [0.5, 0.6) is 0 Å². The summed E-state index contributed by atoms with van der Waals surface area (Å²) in [7, 11) is 0. The van der Waals surface area contributed by atoms with Crippen molar-refractivity contribution in [2.45, 2.75) is 66.6 Å². The fourth-order valence-electron chi connectivity index (χ4n) is 4.79. The van der Waals surface area contributed by atoms with Crippen LogP contribution in [0.2, 0.25) is 0 Å². The number of Topliss-reactive ketones (excluding diaryl/α,β-unsaturated/α-hetero) is 1. The van der Waals surface area contributed by atoms with E-state index in [9.17, 15) is 14.4 Å². The third kappa shape index (κ3) is 3.32. The van der Waals surface area contributed by atoms with Gasteiger partial charge in [-0.3, -0.25) is 4.79 Å². The van der Waals surface area contributed by atoms with Crippen LogP contribution in [0, 0.1) is 24.2 Å². The molecule has 0 spiro atoms. The van der Waals surface area contributed by atoms with Gasteiger partial charge in [0.25, 0.3) is 0 Å². The lowest BCUT2D eigenvalue weighted by molar-refractivity contribution is -0.178. The summed E-state index contributed by atoms with van der Waals surface area (Å²) in [5, 5.41) is 0. The third-order valence-corrected chi connectivity index (χ3v) is 7.01. The number of furan rings is 1. The molecule has 0 aromatic carbocycles. The van der Waals surface area contributed by atoms with Crippen LogP contribution in [0.3, 0.4) is 0 Å². The lowest BCUT2D eigenvalue weighted by atomic mass is 9.53. The minimum atomic E-state index is -0.753. The molecular weight excluding hydrogens is 384 g/mol. The zero-order valence-corrected chi connectivity index (χ0v) is 18.5. The van der Waals surface area contributed by atoms with Gasteiger partial charge in [0, 0.05) is 34.0 Å². The van der Waals surface area contributed by atoms with E-state index in [1.54, 1.807) is 26.8 Å². The van der Waals surface area contributed by atoms with Crippen molar-refractivity contribution in [3.05, 3.63) is 47.0 Å². The van der Waals surface area contributed by atoms with E-state index < -0.39 is 23.4 Å². The number of fused-ring (bicyclic) bond motifs is 2. The molecule has 1 fully saturated rings. The van der Waals surface area contributed by atoms with Gasteiger partial charge in [-0.05, 0) is 46.1 Å². The number of esters is 2. The van der Waals surface area contributed by atoms with E-state index in [1.807, 2.05) is 20.8 Å². The topological polar surface area (TPSA) is 82.8 Å². The van der Waals surface area contributed by atoms with E-state index in [2.05, 4.69) is 6.58 Å². The van der Waals surface area contributed by atoms with Gasteiger partial charge >= 0.3 is 11.9 Å². The van der Waals surface area contributed by atoms with E-state index in [0.717, 1.165) is 5.56 Å². The number of allylic oxidation sites excluding steroid dienone is 1. The SMILES string of the molecule is C=C(C)C(=O)OC1c2c(C)coc2C(=O)C2CCC(OC(=O)C(C)=CC)C(C)C21C. The van der Waals surface area contributed by atoms with Crippen molar-refractivity contribution in [2.24, 2.45) is 17.3 Å². The molecule has 0 saturated heterocycles. The van der Waals surface area contributed by atoms with Crippen LogP contribution in [0.4, 0.5) is 0 Å². The Morgan fingerprint density at radius 2 is 1.90 bits per heavy atom. The second kappa shape index (κ2) is 7.89. The van der Waals surface area contributed by atoms with Crippen LogP contribution in [0.15, 0.2) is 34.5 Å². The van der Waals surface area contributed by atoms with Crippen molar-refractivity contribution in [1.29, 1.82) is 0 Å². The molecule has 1 aromatic rings. The molecule has 0 radical (unpaired) electrons. The van der Waals surface area contributed by atoms with Gasteiger partial charge in [0.1, 0.15) is 12.2 Å². The standard InChI is InChI=1S/C24H30O6/c1-8-13(4)23(27)29-17-10-9-16-19(25)20-18(14(5)11-28-20)21(24(16,7)15(17)6)30-22(26)12(2)3/h8,11,15-17,21H,2,9-10H2,1,3-7H3. The van der Waals surface area contributed by atoms with Crippen LogP contribution in [0.1, 0.15) is 75.2 Å². The lowest BCUT2D eigenvalue weighted by Gasteiger charge is -2.53. The van der Waals surface area contributed by atoms with Crippen LogP contribution in [0.25, 0.3) is 0 Å². The largest absolute Gasteiger partial charge is 0.461 e. The van der Waals surface area contributed by atoms with E-state index in [4.69, 9.17) is 13.9 Å². The molecule has 1 aromatic heterocycles. The number of hydrogen-bond donors (Lipinski definition) is 0. The molecule has 5 unspecified atom stereocenters. The van der Waals surface area contributed by atoms with E-state index in [0.29, 0.717) is 24.0 Å². The number of rotatable bonds is 4. The van der Waals surface area contributed by atoms with E-state index >= 15 is 0 Å². The summed E-state index contributed by atoms with van der Waals surface area (Å²) in [6.07, 6.45) is 3.24. The Kier molecular flexibility index (Phi) is 5.81. The minimum absolute atomic E-state index is 0.0792. The van der Waals surface area contributed by atoms with Crippen LogP contribution in [-0.4, -0.2) is 23.8 Å². The van der Waals surface area contributed by atoms with Crippen molar-refractivity contribution < 1.29 is 28.3 Å². The summed E-state index contributed by atoms with van der Waals surface area (Å²) < 4.78 is 17.3. The summed E-state index contributed by atoms with van der Waals surface area (Å²) in [6, 6.07) is 0. The molecule has 5 atom stereocenters. The van der Waals surface area contributed by atoms with Crippen molar-refractivity contribution in [1.82, 2.24) is 0 Å². The molecule has 162 valence electrons. The molecule has 2 aliphatic rings. The zero-order valence-electron chi connectivity index (χ0n) is 18.5. The number of ketones is 1. The average Bonchev–Trinajstić information content (AvgIpc) is 3.09. The fraction of sp³-hybridized carbons (Fsp3) is 0.542. The quantitative estimate of drug-likeness (QED) is 0.516. The minimum Gasteiger partial charge on any atom is -0.461 e. The van der Waals surface area contributed by atoms with Crippen molar-refractivity contribution >= 4 is 17.7 Å². The Labute approximate surface area is 177 Å². The Hall–Kier alpha value is -2.63. The molecular formula is C24H30O6. The highest BCUT2D eigenvalue weighted by Crippen LogP contribution is 2.60. The predicted molar refractivity (Wildman–Crippen MR) is 111 cm³/mol. The summed E-state index contributed by atoms with van der Waals surface area (Å²) in [5.74, 6) is -1.32. The molecule has 1 heterocycles. The van der Waals surface area contributed by atoms with Gasteiger partial charge in [0.05, 0.1) is 6.26 Å². The Balaban J connectivity index is 2.06. The van der Waals surface area contributed by atoms with Gasteiger partial charge in [-0.25, -0.2) is 9.59 Å². The van der Waals surface area contributed by atoms with Gasteiger partial charge in [-0.15, -0.1) is 0 Å². The normalized spacial score (nSPS) is 30.9. The highest BCUT2D eigenvalue weighted by molar-refractivity contribution is 5.99. The highest BCUT2D eigenvalue weighted by atomic mass is 16.6. The van der Waals surface area contributed by atoms with Gasteiger partial charge in [0.2, 0.25) is 5.78 Å². The Morgan fingerprint density at radius 3 is 2.50 bits per heavy atom. The maximum atomic E-state index is 13.3. The van der Waals surface area contributed by atoms with Crippen molar-refractivity contribution in [3.8, 4) is 0 Å². The predicted octanol–water partition coefficient (Wildman–Crippen LogP) is 4.88. The third-order valence-electron chi connectivity index (χ3n) is 7.01. The number of carbonyl (C=O) groups excluding carboxylic acids is 3. The van der Waals surface area contributed by atoms with Gasteiger partial charge in [-0.1, -0.05) is 26.5 Å². The maximum absolute atomic E-state index is 13.3. The Bertz CT molecular complexity index is 935. The fourth-order valence-corrected chi connectivity index (χ4v) is 4.79. The second-order valence-electron chi connectivity index (χ2n) is 8.79. The van der Waals surface area contributed by atoms with Crippen molar-refractivity contribution in [2.75, 3.05) is 0 Å². The number of carbonyl (C=O) groups is 3. The molecule has 30 heavy (non-hydrogen) atoms. The maximum Gasteiger partial charge on any atom is 0.333 e. The van der Waals surface area contributed by atoms with E-state index in [1.165, 1.54) is 6.26 Å². The molecule has 0 N–H and O–H groups in total. The lowest BCUT2D eigenvalue weighted by Crippen LogP contribution is -2.55. The number of aryl methyl sites for hydroxylation is 1. The first-order chi connectivity index (χ1) is 14.0. The van der Waals surface area contributed by atoms with E-state index in [-0.39, 0.29) is 35.1 Å². The van der Waals surface area contributed by atoms with Gasteiger partial charge in [-0.2, -0.15) is 0 Å². The van der Waals surface area contributed by atoms with Crippen molar-refractivity contribution in [3.63, 3.8) is 0 Å². The molecule has 1 saturated carbocycles. The summed E-state index contributed by atoms with van der Waals surface area (Å²) in [4.78, 5) is 38.2. The second-order valence-corrected chi connectivity index (χ2v) is 8.79. The first kappa shape index (κ1) is 22.1. The Morgan fingerprint density at radius 1 is 1.23 bits per heavy atom. The first-order valence-corrected chi connectivity index (χ1v) is 10.4. The number of ether oxygens (including phenoxy) is 2. The van der Waals surface area contributed by atoms with Gasteiger partial charge in [0.15, 0.2) is 5.76 Å². The van der Waals surface area contributed by atoms with Crippen LogP contribution >= 0.6 is 0 Å². The molecule has 3 rings (SSSR count). The first-order valence-electron chi connectivity index (χ1n) is 10.4. The molecule has 0 bridgehead atoms. The van der Waals surface area contributed by atoms with Gasteiger partial charge < -0.3 is 13.9 Å². The monoisotopic (exact) mass is 414 g/mol. The molecule has 6 heteroatoms. The molecule has 0 aliphatic heterocycles. The summed E-state index contributed by atoms with van der Waals surface area (Å²) in [5.41, 5.74) is 1.43. The molecule has 0 amide bonds. The number of hydrogen-bond acceptors (Lipinski definition) is 6. The molecule has 2 aliphatic carbocycles. The van der Waals surface area contributed by atoms with Crippen LogP contribution < -0.4 is 0 Å². The highest BCUT2D eigenvalue weighted by Gasteiger charge is 2.61. The summed E-state index contributed by atoms with van der Waals surface area (Å²) in [6.45, 7) is 14.5. The molecule has 6 nitrogen and oxygen atoms in total. The zero-order chi connectivity index (χ0) is 22.4. The summed E-state index contributed by atoms with van der Waals surface area (Å²) >= 11 is 0. The van der Waals surface area contributed by atoms with Crippen LogP contribution in [-0.2, 0) is 19.1 Å².